The summed E-state index contributed by atoms with van der Waals surface area (Å²) in [5.41, 5.74) is 8.46. The molecule has 0 bridgehead atoms. The third kappa shape index (κ3) is 2.69. The minimum absolute atomic E-state index is 1.07. The lowest BCUT2D eigenvalue weighted by Crippen LogP contribution is -1.93. The van der Waals surface area contributed by atoms with E-state index in [-0.39, 0.29) is 0 Å². The van der Waals surface area contributed by atoms with Gasteiger partial charge in [-0.1, -0.05) is 78.9 Å². The minimum atomic E-state index is 1.07. The van der Waals surface area contributed by atoms with Gasteiger partial charge in [-0.25, -0.2) is 4.98 Å². The van der Waals surface area contributed by atoms with Crippen molar-refractivity contribution < 1.29 is 0 Å². The molecule has 9 rings (SSSR count). The van der Waals surface area contributed by atoms with Gasteiger partial charge in [0.1, 0.15) is 5.01 Å². The first-order chi connectivity index (χ1) is 18.8. The fraction of sp³-hybridized carbons (Fsp3) is 0. The van der Waals surface area contributed by atoms with Crippen LogP contribution in [0, 0.1) is 0 Å². The lowest BCUT2D eigenvalue weighted by atomic mass is 10.0. The van der Waals surface area contributed by atoms with Crippen molar-refractivity contribution in [1.29, 1.82) is 0 Å². The second kappa shape index (κ2) is 7.41. The van der Waals surface area contributed by atoms with Crippen molar-refractivity contribution in [3.8, 4) is 38.0 Å². The fourth-order valence-corrected chi connectivity index (χ4v) is 7.34. The third-order valence-electron chi connectivity index (χ3n) is 7.94. The van der Waals surface area contributed by atoms with Crippen LogP contribution < -0.4 is 0 Å². The maximum Gasteiger partial charge on any atom is 0.124 e. The van der Waals surface area contributed by atoms with E-state index in [1.807, 2.05) is 0 Å². The van der Waals surface area contributed by atoms with Crippen molar-refractivity contribution >= 4 is 54.7 Å². The van der Waals surface area contributed by atoms with E-state index in [2.05, 4.69) is 126 Å². The zero-order valence-electron chi connectivity index (χ0n) is 20.3. The Hall–Kier alpha value is -4.73. The van der Waals surface area contributed by atoms with Gasteiger partial charge in [0.05, 0.1) is 21.6 Å². The van der Waals surface area contributed by atoms with Crippen molar-refractivity contribution in [2.45, 2.75) is 0 Å². The predicted molar refractivity (Wildman–Crippen MR) is 161 cm³/mol. The van der Waals surface area contributed by atoms with Crippen molar-refractivity contribution in [3.05, 3.63) is 121 Å². The quantitative estimate of drug-likeness (QED) is 0.231. The van der Waals surface area contributed by atoms with Gasteiger partial charge in [0.25, 0.3) is 0 Å². The summed E-state index contributed by atoms with van der Waals surface area (Å²) in [6.45, 7) is 0. The molecular formula is C35H20N2S. The van der Waals surface area contributed by atoms with E-state index >= 15 is 0 Å². The standard InChI is InChI=1S/C35H20N2S/c1-2-8-24-20-31-29(19-23(24)7-1)26-11-3-4-14-30(26)37(31)25-17-15-22(16-18-25)35-36-33-27-12-5-9-21-10-6-13-28(32(21)27)34(33)38-35/h1-20H. The summed E-state index contributed by atoms with van der Waals surface area (Å²) in [6.07, 6.45) is 0. The van der Waals surface area contributed by atoms with E-state index in [0.717, 1.165) is 22.0 Å². The highest BCUT2D eigenvalue weighted by Crippen LogP contribution is 2.51. The average molecular weight is 501 g/mol. The van der Waals surface area contributed by atoms with Crippen molar-refractivity contribution in [1.82, 2.24) is 9.55 Å². The molecule has 8 aromatic rings. The van der Waals surface area contributed by atoms with E-state index in [4.69, 9.17) is 4.98 Å². The fourth-order valence-electron chi connectivity index (χ4n) is 6.22. The first kappa shape index (κ1) is 20.3. The molecule has 0 saturated carbocycles. The number of thiazole rings is 1. The highest BCUT2D eigenvalue weighted by atomic mass is 32.1. The molecule has 0 fully saturated rings. The Morgan fingerprint density at radius 1 is 0.553 bits per heavy atom. The Balaban J connectivity index is 1.19. The summed E-state index contributed by atoms with van der Waals surface area (Å²) in [6, 6.07) is 44.0. The molecule has 38 heavy (non-hydrogen) atoms. The van der Waals surface area contributed by atoms with Crippen LogP contribution in [-0.4, -0.2) is 9.55 Å². The van der Waals surface area contributed by atoms with Gasteiger partial charge in [-0.05, 0) is 64.0 Å². The Labute approximate surface area is 223 Å². The van der Waals surface area contributed by atoms with E-state index in [1.165, 1.54) is 59.4 Å². The van der Waals surface area contributed by atoms with Gasteiger partial charge in [-0.15, -0.1) is 11.3 Å². The summed E-state index contributed by atoms with van der Waals surface area (Å²) in [7, 11) is 0. The van der Waals surface area contributed by atoms with E-state index in [9.17, 15) is 0 Å². The molecule has 0 N–H and O–H groups in total. The molecule has 0 amide bonds. The molecule has 6 aromatic carbocycles. The van der Waals surface area contributed by atoms with Gasteiger partial charge in [0.2, 0.25) is 0 Å². The normalized spacial score (nSPS) is 12.2. The van der Waals surface area contributed by atoms with Crippen LogP contribution in [0.25, 0.3) is 81.3 Å². The Bertz CT molecular complexity index is 2180. The number of rotatable bonds is 2. The van der Waals surface area contributed by atoms with Crippen molar-refractivity contribution in [3.63, 3.8) is 0 Å². The predicted octanol–water partition coefficient (Wildman–Crippen LogP) is 9.86. The summed E-state index contributed by atoms with van der Waals surface area (Å²) in [5.74, 6) is 0. The molecule has 1 aliphatic rings. The summed E-state index contributed by atoms with van der Waals surface area (Å²) in [5, 5.41) is 8.79. The smallest absolute Gasteiger partial charge is 0.124 e. The Morgan fingerprint density at radius 3 is 2.11 bits per heavy atom. The van der Waals surface area contributed by atoms with Gasteiger partial charge >= 0.3 is 0 Å². The molecule has 2 heterocycles. The number of aromatic nitrogens is 2. The second-order valence-electron chi connectivity index (χ2n) is 10.0. The molecule has 0 aliphatic heterocycles. The summed E-state index contributed by atoms with van der Waals surface area (Å²) >= 11 is 1.80. The van der Waals surface area contributed by atoms with Crippen LogP contribution >= 0.6 is 11.3 Å². The number of hydrogen-bond donors (Lipinski definition) is 0. The molecule has 0 saturated heterocycles. The monoisotopic (exact) mass is 500 g/mol. The highest BCUT2D eigenvalue weighted by molar-refractivity contribution is 7.19. The Kier molecular flexibility index (Phi) is 3.96. The molecule has 0 atom stereocenters. The molecule has 3 heteroatoms. The summed E-state index contributed by atoms with van der Waals surface area (Å²) in [4.78, 5) is 6.42. The zero-order chi connectivity index (χ0) is 24.8. The highest BCUT2D eigenvalue weighted by Gasteiger charge is 2.26. The van der Waals surface area contributed by atoms with Gasteiger partial charge in [0.15, 0.2) is 0 Å². The number of nitrogens with zero attached hydrogens (tertiary/aromatic N) is 2. The molecule has 2 nitrogen and oxygen atoms in total. The van der Waals surface area contributed by atoms with E-state index in [1.54, 1.807) is 11.3 Å². The Morgan fingerprint density at radius 2 is 1.26 bits per heavy atom. The molecule has 1 aliphatic carbocycles. The molecule has 176 valence electrons. The molecule has 2 aromatic heterocycles. The summed E-state index contributed by atoms with van der Waals surface area (Å²) < 4.78 is 2.39. The zero-order valence-corrected chi connectivity index (χ0v) is 21.2. The first-order valence-electron chi connectivity index (χ1n) is 12.9. The minimum Gasteiger partial charge on any atom is -0.309 e. The van der Waals surface area contributed by atoms with Crippen LogP contribution in [0.2, 0.25) is 0 Å². The lowest BCUT2D eigenvalue weighted by molar-refractivity contribution is 1.18. The largest absolute Gasteiger partial charge is 0.309 e. The van der Waals surface area contributed by atoms with Crippen LogP contribution in [0.5, 0.6) is 0 Å². The number of para-hydroxylation sites is 1. The van der Waals surface area contributed by atoms with Crippen LogP contribution in [0.3, 0.4) is 0 Å². The maximum atomic E-state index is 5.14. The van der Waals surface area contributed by atoms with Crippen LogP contribution in [0.1, 0.15) is 0 Å². The van der Waals surface area contributed by atoms with E-state index in [0.29, 0.717) is 0 Å². The van der Waals surface area contributed by atoms with Crippen molar-refractivity contribution in [2.75, 3.05) is 0 Å². The average Bonchev–Trinajstić information content (AvgIpc) is 3.63. The van der Waals surface area contributed by atoms with Crippen LogP contribution in [0.15, 0.2) is 121 Å². The molecule has 0 spiro atoms. The second-order valence-corrected chi connectivity index (χ2v) is 11.0. The SMILES string of the molecule is c1ccc2cc3c(cc2c1)c1ccccc1n3-c1ccc(-c2nc3c(s2)-c2cccc4cccc-3c24)cc1. The number of benzene rings is 6. The van der Waals surface area contributed by atoms with Gasteiger partial charge in [0, 0.05) is 33.2 Å². The van der Waals surface area contributed by atoms with Gasteiger partial charge in [-0.3, -0.25) is 0 Å². The molecule has 0 unspecified atom stereocenters. The first-order valence-corrected chi connectivity index (χ1v) is 13.7. The molecule has 0 radical (unpaired) electrons. The lowest BCUT2D eigenvalue weighted by Gasteiger charge is -2.09. The van der Waals surface area contributed by atoms with Gasteiger partial charge in [-0.2, -0.15) is 0 Å². The topological polar surface area (TPSA) is 17.8 Å². The maximum absolute atomic E-state index is 5.14. The van der Waals surface area contributed by atoms with Crippen LogP contribution in [0.4, 0.5) is 0 Å². The van der Waals surface area contributed by atoms with Crippen molar-refractivity contribution in [2.24, 2.45) is 0 Å². The number of fused-ring (bicyclic) bond motifs is 7. The van der Waals surface area contributed by atoms with Crippen LogP contribution in [-0.2, 0) is 0 Å². The molecular weight excluding hydrogens is 480 g/mol. The third-order valence-corrected chi connectivity index (χ3v) is 9.08. The number of hydrogen-bond acceptors (Lipinski definition) is 2. The van der Waals surface area contributed by atoms with Gasteiger partial charge < -0.3 is 4.57 Å². The van der Waals surface area contributed by atoms with E-state index < -0.39 is 0 Å².